The van der Waals surface area contributed by atoms with Crippen LogP contribution in [-0.2, 0) is 15.7 Å². The fourth-order valence-electron chi connectivity index (χ4n) is 5.74. The van der Waals surface area contributed by atoms with Gasteiger partial charge in [-0.1, -0.05) is 54.2 Å². The number of ether oxygens (including phenoxy) is 1. The maximum atomic E-state index is 13.0. The van der Waals surface area contributed by atoms with Gasteiger partial charge in [-0.05, 0) is 65.6 Å². The molecule has 3 aromatic carbocycles. The molecular formula is C32H28F3N7O3S2. The third-order valence-corrected chi connectivity index (χ3v) is 9.63. The van der Waals surface area contributed by atoms with Crippen molar-refractivity contribution in [3.05, 3.63) is 95.8 Å². The Balaban J connectivity index is 1.08. The summed E-state index contributed by atoms with van der Waals surface area (Å²) in [6, 6.07) is 19.6. The summed E-state index contributed by atoms with van der Waals surface area (Å²) in [6.07, 6.45) is -3.22. The fourth-order valence-corrected chi connectivity index (χ4v) is 6.97. The molecule has 47 heavy (non-hydrogen) atoms. The van der Waals surface area contributed by atoms with Gasteiger partial charge in [0.15, 0.2) is 11.0 Å². The Bertz CT molecular complexity index is 1840. The van der Waals surface area contributed by atoms with Crippen molar-refractivity contribution in [2.75, 3.05) is 17.8 Å². The number of amides is 2. The van der Waals surface area contributed by atoms with Crippen molar-refractivity contribution >= 4 is 47.2 Å². The molecule has 0 bridgehead atoms. The van der Waals surface area contributed by atoms with E-state index in [1.165, 1.54) is 54.0 Å². The van der Waals surface area contributed by atoms with E-state index in [1.807, 2.05) is 18.2 Å². The van der Waals surface area contributed by atoms with Crippen LogP contribution in [0.1, 0.15) is 35.2 Å². The van der Waals surface area contributed by atoms with Crippen LogP contribution in [-0.4, -0.2) is 50.3 Å². The lowest BCUT2D eigenvalue weighted by atomic mass is 10.0. The Morgan fingerprint density at radius 3 is 2.47 bits per heavy atom. The van der Waals surface area contributed by atoms with E-state index in [0.29, 0.717) is 33.7 Å². The van der Waals surface area contributed by atoms with Gasteiger partial charge in [0, 0.05) is 5.56 Å². The second-order valence-electron chi connectivity index (χ2n) is 11.4. The molecule has 7 rings (SSSR count). The topological polar surface area (TPSA) is 114 Å². The van der Waals surface area contributed by atoms with Gasteiger partial charge < -0.3 is 10.1 Å². The molecule has 1 saturated heterocycles. The molecule has 242 valence electrons. The predicted molar refractivity (Wildman–Crippen MR) is 174 cm³/mol. The molecule has 0 spiro atoms. The van der Waals surface area contributed by atoms with Gasteiger partial charge in [0.05, 0.1) is 29.8 Å². The molecule has 2 aliphatic carbocycles. The minimum Gasteiger partial charge on any atom is -0.453 e. The number of nitrogens with one attached hydrogen (secondary N) is 2. The molecule has 3 fully saturated rings. The molecule has 2 N–H and O–H groups in total. The summed E-state index contributed by atoms with van der Waals surface area (Å²) in [7, 11) is 1.26. The van der Waals surface area contributed by atoms with E-state index >= 15 is 0 Å². The number of methoxy groups -OCH3 is 1. The molecule has 2 amide bonds. The largest absolute Gasteiger partial charge is 0.453 e. The van der Waals surface area contributed by atoms with Crippen molar-refractivity contribution in [2.45, 2.75) is 30.2 Å². The van der Waals surface area contributed by atoms with E-state index in [4.69, 9.17) is 9.73 Å². The molecule has 1 aromatic heterocycles. The SMILES string of the molecule is COC(=O)NC(NC(S)/N=C1\SCC(=O)N1c1ccccc1C1C2CC21)c1ccc(-c2ncn(-c3ccc(C(F)(F)F)cc3)n2)cc1. The Hall–Kier alpha value is -4.34. The Kier molecular flexibility index (Phi) is 8.22. The number of benzene rings is 3. The van der Waals surface area contributed by atoms with Crippen molar-refractivity contribution < 1.29 is 27.5 Å². The quantitative estimate of drug-likeness (QED) is 0.147. The van der Waals surface area contributed by atoms with Crippen LogP contribution in [0.4, 0.5) is 23.7 Å². The highest BCUT2D eigenvalue weighted by Gasteiger charge is 2.65. The fraction of sp³-hybridized carbons (Fsp3) is 0.281. The molecule has 15 heteroatoms. The number of anilines is 1. The highest BCUT2D eigenvalue weighted by atomic mass is 32.2. The van der Waals surface area contributed by atoms with Crippen LogP contribution in [0.3, 0.4) is 0 Å². The molecule has 2 heterocycles. The summed E-state index contributed by atoms with van der Waals surface area (Å²) in [5.74, 6) is 2.52. The lowest BCUT2D eigenvalue weighted by Gasteiger charge is -2.24. The van der Waals surface area contributed by atoms with Crippen molar-refractivity contribution in [3.8, 4) is 17.1 Å². The number of amidine groups is 1. The first-order valence-corrected chi connectivity index (χ1v) is 16.2. The molecule has 1 aliphatic heterocycles. The number of aromatic nitrogens is 3. The maximum absolute atomic E-state index is 13.0. The van der Waals surface area contributed by atoms with Gasteiger partial charge in [0.25, 0.3) is 0 Å². The van der Waals surface area contributed by atoms with E-state index in [-0.39, 0.29) is 11.7 Å². The first-order chi connectivity index (χ1) is 22.6. The number of hydrogen-bond acceptors (Lipinski definition) is 9. The van der Waals surface area contributed by atoms with Crippen LogP contribution in [0.15, 0.2) is 84.1 Å². The number of nitrogens with zero attached hydrogens (tertiary/aromatic N) is 5. The lowest BCUT2D eigenvalue weighted by molar-refractivity contribution is -0.137. The summed E-state index contributed by atoms with van der Waals surface area (Å²) in [6.45, 7) is 0. The van der Waals surface area contributed by atoms with Crippen molar-refractivity contribution in [2.24, 2.45) is 16.8 Å². The maximum Gasteiger partial charge on any atom is 0.416 e. The van der Waals surface area contributed by atoms with Gasteiger partial charge in [-0.2, -0.15) is 13.2 Å². The number of halogens is 3. The van der Waals surface area contributed by atoms with Crippen molar-refractivity contribution in [1.82, 2.24) is 25.4 Å². The Labute approximate surface area is 277 Å². The van der Waals surface area contributed by atoms with Gasteiger partial charge in [-0.3, -0.25) is 15.0 Å². The number of alkyl halides is 3. The zero-order valence-electron chi connectivity index (χ0n) is 24.8. The molecule has 2 saturated carbocycles. The van der Waals surface area contributed by atoms with Crippen LogP contribution in [0, 0.1) is 11.8 Å². The number of rotatable bonds is 9. The second-order valence-corrected chi connectivity index (χ2v) is 12.8. The molecule has 0 radical (unpaired) electrons. The number of carbonyl (C=O) groups excluding carboxylic acids is 2. The summed E-state index contributed by atoms with van der Waals surface area (Å²) >= 11 is 5.98. The monoisotopic (exact) mass is 679 g/mol. The first kappa shape index (κ1) is 31.3. The van der Waals surface area contributed by atoms with Crippen LogP contribution >= 0.6 is 24.4 Å². The number of hydrogen-bond donors (Lipinski definition) is 3. The highest BCUT2D eigenvalue weighted by Crippen LogP contribution is 2.74. The van der Waals surface area contributed by atoms with E-state index in [9.17, 15) is 22.8 Å². The first-order valence-electron chi connectivity index (χ1n) is 14.7. The Morgan fingerprint density at radius 1 is 1.09 bits per heavy atom. The van der Waals surface area contributed by atoms with E-state index < -0.39 is 29.5 Å². The number of thioether (sulfide) groups is 1. The average molecular weight is 680 g/mol. The molecule has 4 unspecified atom stereocenters. The normalized spacial score (nSPS) is 22.1. The molecular weight excluding hydrogens is 652 g/mol. The number of fused-ring (bicyclic) bond motifs is 1. The van der Waals surface area contributed by atoms with Crippen LogP contribution < -0.4 is 15.5 Å². The number of thiol groups is 1. The Morgan fingerprint density at radius 2 is 1.81 bits per heavy atom. The third-order valence-electron chi connectivity index (χ3n) is 8.42. The van der Waals surface area contributed by atoms with Gasteiger partial charge in [0.1, 0.15) is 18.0 Å². The van der Waals surface area contributed by atoms with Gasteiger partial charge in [0.2, 0.25) is 5.91 Å². The van der Waals surface area contributed by atoms with Crippen molar-refractivity contribution in [1.29, 1.82) is 0 Å². The predicted octanol–water partition coefficient (Wildman–Crippen LogP) is 5.98. The number of para-hydroxylation sites is 1. The van der Waals surface area contributed by atoms with E-state index in [1.54, 1.807) is 29.2 Å². The number of alkyl carbamates (subject to hydrolysis) is 1. The highest BCUT2D eigenvalue weighted by molar-refractivity contribution is 8.15. The smallest absolute Gasteiger partial charge is 0.416 e. The van der Waals surface area contributed by atoms with Gasteiger partial charge in [-0.25, -0.2) is 19.5 Å². The summed E-state index contributed by atoms with van der Waals surface area (Å²) in [4.78, 5) is 36.0. The standard InChI is InChI=1S/C32H28F3N7O3S2/c1-45-31(44)38-28(18-8-6-17(7-9-18)27-36-16-41(40-27)20-12-10-19(11-13-20)32(33,34)35)37-29(46)39-30-42(25(43)15-47-30)24-5-3-2-4-21(24)26-22-14-23(22)26/h2-13,16,22-23,26,28-29,37,46H,14-15H2,1H3,(H,38,44)/b39-30-. The number of aliphatic imine (C=N–C) groups is 1. The summed E-state index contributed by atoms with van der Waals surface area (Å²) in [5, 5.41) is 10.8. The summed E-state index contributed by atoms with van der Waals surface area (Å²) in [5.41, 5.74) is 2.18. The molecule has 4 aromatic rings. The zero-order chi connectivity index (χ0) is 32.9. The average Bonchev–Trinajstić information content (AvgIpc) is 3.88. The minimum atomic E-state index is -4.43. The molecule has 10 nitrogen and oxygen atoms in total. The van der Waals surface area contributed by atoms with E-state index in [2.05, 4.69) is 39.4 Å². The van der Waals surface area contributed by atoms with Crippen LogP contribution in [0.5, 0.6) is 0 Å². The van der Waals surface area contributed by atoms with Crippen LogP contribution in [0.2, 0.25) is 0 Å². The summed E-state index contributed by atoms with van der Waals surface area (Å²) < 4.78 is 45.0. The number of carbonyl (C=O) groups is 2. The van der Waals surface area contributed by atoms with Gasteiger partial charge in [-0.15, -0.1) is 17.7 Å². The lowest BCUT2D eigenvalue weighted by Crippen LogP contribution is -2.41. The third kappa shape index (κ3) is 6.47. The zero-order valence-corrected chi connectivity index (χ0v) is 26.5. The molecule has 3 aliphatic rings. The van der Waals surface area contributed by atoms with Crippen molar-refractivity contribution in [3.63, 3.8) is 0 Å². The van der Waals surface area contributed by atoms with Gasteiger partial charge >= 0.3 is 12.3 Å². The molecule has 4 atom stereocenters. The minimum absolute atomic E-state index is 0.0507. The van der Waals surface area contributed by atoms with E-state index in [0.717, 1.165) is 29.7 Å². The van der Waals surface area contributed by atoms with Crippen LogP contribution in [0.25, 0.3) is 17.1 Å². The second kappa shape index (κ2) is 12.4.